The third-order valence-electron chi connectivity index (χ3n) is 3.64. The number of nitrogens with one attached hydrogen (secondary N) is 2. The zero-order valence-electron chi connectivity index (χ0n) is 14.7. The zero-order valence-corrected chi connectivity index (χ0v) is 15.5. The van der Waals surface area contributed by atoms with Crippen molar-refractivity contribution in [1.29, 1.82) is 0 Å². The minimum absolute atomic E-state index is 0.00431. The van der Waals surface area contributed by atoms with Gasteiger partial charge in [0.2, 0.25) is 11.8 Å². The molecule has 2 N–H and O–H groups in total. The van der Waals surface area contributed by atoms with Crippen molar-refractivity contribution in [2.45, 2.75) is 26.7 Å². The van der Waals surface area contributed by atoms with Crippen molar-refractivity contribution in [3.05, 3.63) is 30.3 Å². The Hall–Kier alpha value is -1.53. The van der Waals surface area contributed by atoms with E-state index < -0.39 is 0 Å². The van der Waals surface area contributed by atoms with Gasteiger partial charge in [-0.25, -0.2) is 0 Å². The number of carbonyl (C=O) groups is 2. The minimum atomic E-state index is -0.0850. The molecule has 134 valence electrons. The molecule has 0 radical (unpaired) electrons. The number of carbonyl (C=O) groups excluding carboxylic acids is 2. The predicted octanol–water partition coefficient (Wildman–Crippen LogP) is 2.60. The summed E-state index contributed by atoms with van der Waals surface area (Å²) in [5, 5.41) is 5.71. The number of hydrogen-bond acceptors (Lipinski definition) is 4. The minimum Gasteiger partial charge on any atom is -0.355 e. The third kappa shape index (κ3) is 9.57. The number of nitrogens with zero attached hydrogens (tertiary/aromatic N) is 1. The molecule has 6 heteroatoms. The Kier molecular flexibility index (Phi) is 11.0. The highest BCUT2D eigenvalue weighted by Crippen LogP contribution is 2.07. The van der Waals surface area contributed by atoms with Gasteiger partial charge in [-0.2, -0.15) is 0 Å². The molecule has 24 heavy (non-hydrogen) atoms. The van der Waals surface area contributed by atoms with Gasteiger partial charge in [-0.3, -0.25) is 9.59 Å². The molecule has 0 aliphatic carbocycles. The highest BCUT2D eigenvalue weighted by atomic mass is 32.2. The molecule has 0 saturated carbocycles. The molecule has 0 aromatic heterocycles. The zero-order chi connectivity index (χ0) is 17.6. The lowest BCUT2D eigenvalue weighted by molar-refractivity contribution is -0.118. The first-order chi connectivity index (χ1) is 11.7. The molecule has 0 bridgehead atoms. The van der Waals surface area contributed by atoms with Crippen molar-refractivity contribution in [1.82, 2.24) is 10.2 Å². The lowest BCUT2D eigenvalue weighted by Gasteiger charge is -2.17. The summed E-state index contributed by atoms with van der Waals surface area (Å²) in [6.07, 6.45) is 2.08. The van der Waals surface area contributed by atoms with Gasteiger partial charge < -0.3 is 15.5 Å². The molecule has 1 rings (SSSR count). The molecule has 1 aromatic rings. The second kappa shape index (κ2) is 12.8. The molecule has 0 unspecified atom stereocenters. The maximum Gasteiger partial charge on any atom is 0.234 e. The van der Waals surface area contributed by atoms with Gasteiger partial charge in [0.15, 0.2) is 0 Å². The summed E-state index contributed by atoms with van der Waals surface area (Å²) in [5.74, 6) is 0.510. The van der Waals surface area contributed by atoms with Crippen molar-refractivity contribution >= 4 is 29.3 Å². The quantitative estimate of drug-likeness (QED) is 0.568. The Balaban J connectivity index is 2.02. The maximum atomic E-state index is 11.7. The van der Waals surface area contributed by atoms with E-state index in [1.807, 2.05) is 30.3 Å². The SMILES string of the molecule is CCN(CC)CCCCNC(=O)CSCC(=O)Nc1ccccc1. The van der Waals surface area contributed by atoms with E-state index >= 15 is 0 Å². The Morgan fingerprint density at radius 2 is 1.67 bits per heavy atom. The molecule has 2 amide bonds. The van der Waals surface area contributed by atoms with Crippen LogP contribution in [0.1, 0.15) is 26.7 Å². The van der Waals surface area contributed by atoms with Crippen molar-refractivity contribution in [3.63, 3.8) is 0 Å². The van der Waals surface area contributed by atoms with Gasteiger partial charge in [0.1, 0.15) is 0 Å². The van der Waals surface area contributed by atoms with E-state index in [9.17, 15) is 9.59 Å². The van der Waals surface area contributed by atoms with Crippen LogP contribution in [0.4, 0.5) is 5.69 Å². The van der Waals surface area contributed by atoms with Crippen LogP contribution < -0.4 is 10.6 Å². The van der Waals surface area contributed by atoms with Gasteiger partial charge in [0, 0.05) is 12.2 Å². The average molecular weight is 352 g/mol. The summed E-state index contributed by atoms with van der Waals surface area (Å²) in [6.45, 7) is 8.26. The van der Waals surface area contributed by atoms with Crippen molar-refractivity contribution < 1.29 is 9.59 Å². The Morgan fingerprint density at radius 1 is 1.00 bits per heavy atom. The van der Waals surface area contributed by atoms with Crippen LogP contribution in [0, 0.1) is 0 Å². The van der Waals surface area contributed by atoms with E-state index in [-0.39, 0.29) is 17.6 Å². The lowest BCUT2D eigenvalue weighted by Crippen LogP contribution is -2.28. The van der Waals surface area contributed by atoms with E-state index in [0.717, 1.165) is 38.2 Å². The molecular weight excluding hydrogens is 322 g/mol. The number of hydrogen-bond donors (Lipinski definition) is 2. The molecule has 0 fully saturated rings. The largest absolute Gasteiger partial charge is 0.355 e. The molecule has 0 heterocycles. The van der Waals surface area contributed by atoms with Crippen LogP contribution in [0.5, 0.6) is 0 Å². The van der Waals surface area contributed by atoms with E-state index in [2.05, 4.69) is 29.4 Å². The van der Waals surface area contributed by atoms with Crippen molar-refractivity contribution in [2.24, 2.45) is 0 Å². The topological polar surface area (TPSA) is 61.4 Å². The van der Waals surface area contributed by atoms with Gasteiger partial charge in [-0.1, -0.05) is 32.0 Å². The van der Waals surface area contributed by atoms with Crippen LogP contribution >= 0.6 is 11.8 Å². The Morgan fingerprint density at radius 3 is 2.33 bits per heavy atom. The molecular formula is C18H29N3O2S. The smallest absolute Gasteiger partial charge is 0.234 e. The van der Waals surface area contributed by atoms with Crippen LogP contribution in [0.2, 0.25) is 0 Å². The third-order valence-corrected chi connectivity index (χ3v) is 4.57. The molecule has 1 aromatic carbocycles. The number of amides is 2. The van der Waals surface area contributed by atoms with Gasteiger partial charge in [-0.15, -0.1) is 11.8 Å². The van der Waals surface area contributed by atoms with Crippen LogP contribution in [-0.4, -0.2) is 54.4 Å². The molecule has 0 aliphatic rings. The van der Waals surface area contributed by atoms with Crippen molar-refractivity contribution in [3.8, 4) is 0 Å². The van der Waals surface area contributed by atoms with Crippen LogP contribution in [-0.2, 0) is 9.59 Å². The van der Waals surface area contributed by atoms with Gasteiger partial charge in [0.05, 0.1) is 11.5 Å². The highest BCUT2D eigenvalue weighted by Gasteiger charge is 2.06. The normalized spacial score (nSPS) is 10.6. The number of thioether (sulfide) groups is 1. The highest BCUT2D eigenvalue weighted by molar-refractivity contribution is 8.00. The Labute approximate surface area is 149 Å². The fourth-order valence-electron chi connectivity index (χ4n) is 2.23. The molecule has 0 aliphatic heterocycles. The standard InChI is InChI=1S/C18H29N3O2S/c1-3-21(4-2)13-9-8-12-19-17(22)14-24-15-18(23)20-16-10-6-5-7-11-16/h5-7,10-11H,3-4,8-9,12-15H2,1-2H3,(H,19,22)(H,20,23). The number of benzene rings is 1. The average Bonchev–Trinajstić information content (AvgIpc) is 2.59. The van der Waals surface area contributed by atoms with Crippen LogP contribution in [0.3, 0.4) is 0 Å². The summed E-state index contributed by atoms with van der Waals surface area (Å²) in [4.78, 5) is 25.8. The number of anilines is 1. The molecule has 0 saturated heterocycles. The summed E-state index contributed by atoms with van der Waals surface area (Å²) in [5.41, 5.74) is 0.778. The first kappa shape index (κ1) is 20.5. The van der Waals surface area contributed by atoms with E-state index in [4.69, 9.17) is 0 Å². The summed E-state index contributed by atoms with van der Waals surface area (Å²) >= 11 is 1.33. The lowest BCUT2D eigenvalue weighted by atomic mass is 10.3. The predicted molar refractivity (Wildman–Crippen MR) is 102 cm³/mol. The van der Waals surface area contributed by atoms with Gasteiger partial charge in [-0.05, 0) is 44.6 Å². The fourth-order valence-corrected chi connectivity index (χ4v) is 2.88. The van der Waals surface area contributed by atoms with E-state index in [1.165, 1.54) is 11.8 Å². The number of unbranched alkanes of at least 4 members (excludes halogenated alkanes) is 1. The van der Waals surface area contributed by atoms with Crippen LogP contribution in [0.15, 0.2) is 30.3 Å². The first-order valence-electron chi connectivity index (χ1n) is 8.57. The summed E-state index contributed by atoms with van der Waals surface area (Å²) in [7, 11) is 0. The fraction of sp³-hybridized carbons (Fsp3) is 0.556. The molecule has 0 spiro atoms. The maximum absolute atomic E-state index is 11.7. The number of rotatable bonds is 12. The van der Waals surface area contributed by atoms with E-state index in [1.54, 1.807) is 0 Å². The first-order valence-corrected chi connectivity index (χ1v) is 9.72. The monoisotopic (exact) mass is 351 g/mol. The van der Waals surface area contributed by atoms with E-state index in [0.29, 0.717) is 12.3 Å². The molecule has 5 nitrogen and oxygen atoms in total. The second-order valence-electron chi connectivity index (χ2n) is 5.49. The number of para-hydroxylation sites is 1. The second-order valence-corrected chi connectivity index (χ2v) is 6.48. The van der Waals surface area contributed by atoms with Gasteiger partial charge in [0.25, 0.3) is 0 Å². The summed E-state index contributed by atoms with van der Waals surface area (Å²) in [6, 6.07) is 9.32. The van der Waals surface area contributed by atoms with Crippen LogP contribution in [0.25, 0.3) is 0 Å². The van der Waals surface area contributed by atoms with Gasteiger partial charge >= 0.3 is 0 Å². The Bertz CT molecular complexity index is 478. The van der Waals surface area contributed by atoms with Crippen molar-refractivity contribution in [2.75, 3.05) is 43.0 Å². The molecule has 0 atom stereocenters. The summed E-state index contributed by atoms with van der Waals surface area (Å²) < 4.78 is 0.